The summed E-state index contributed by atoms with van der Waals surface area (Å²) in [4.78, 5) is 0. The molecular weight excluding hydrogens is 138 g/mol. The standard InChI is InChI=1S/C9H21NO/c1-4-6-8(3)9(10,11)7-5-2/h8,11H,4-7,10H2,1-3H3. The first kappa shape index (κ1) is 10.9. The third kappa shape index (κ3) is 3.73. The van der Waals surface area contributed by atoms with Gasteiger partial charge in [-0.2, -0.15) is 0 Å². The van der Waals surface area contributed by atoms with E-state index in [1.54, 1.807) is 0 Å². The normalized spacial score (nSPS) is 19.4. The molecule has 0 radical (unpaired) electrons. The van der Waals surface area contributed by atoms with Crippen LogP contribution in [0.15, 0.2) is 0 Å². The second-order valence-corrected chi connectivity index (χ2v) is 3.43. The molecule has 0 spiro atoms. The van der Waals surface area contributed by atoms with Gasteiger partial charge in [0.05, 0.1) is 0 Å². The molecule has 0 aromatic heterocycles. The Morgan fingerprint density at radius 3 is 2.27 bits per heavy atom. The number of nitrogens with two attached hydrogens (primary N) is 1. The van der Waals surface area contributed by atoms with Crippen molar-refractivity contribution < 1.29 is 5.11 Å². The van der Waals surface area contributed by atoms with Gasteiger partial charge in [-0.1, -0.05) is 33.6 Å². The second-order valence-electron chi connectivity index (χ2n) is 3.43. The van der Waals surface area contributed by atoms with Crippen LogP contribution in [0.25, 0.3) is 0 Å². The minimum Gasteiger partial charge on any atom is -0.376 e. The molecule has 11 heavy (non-hydrogen) atoms. The molecule has 68 valence electrons. The third-order valence-corrected chi connectivity index (χ3v) is 2.23. The first-order valence-corrected chi connectivity index (χ1v) is 4.55. The predicted molar refractivity (Wildman–Crippen MR) is 48.1 cm³/mol. The van der Waals surface area contributed by atoms with E-state index in [0.29, 0.717) is 6.42 Å². The lowest BCUT2D eigenvalue weighted by Crippen LogP contribution is -2.45. The molecular formula is C9H21NO. The Balaban J connectivity index is 3.83. The number of rotatable bonds is 5. The molecule has 0 rings (SSSR count). The summed E-state index contributed by atoms with van der Waals surface area (Å²) in [6.45, 7) is 6.16. The largest absolute Gasteiger partial charge is 0.376 e. The number of aliphatic hydroxyl groups is 1. The molecule has 2 heteroatoms. The van der Waals surface area contributed by atoms with Gasteiger partial charge < -0.3 is 10.8 Å². The zero-order valence-electron chi connectivity index (χ0n) is 7.93. The van der Waals surface area contributed by atoms with Crippen LogP contribution >= 0.6 is 0 Å². The van der Waals surface area contributed by atoms with E-state index in [2.05, 4.69) is 6.92 Å². The van der Waals surface area contributed by atoms with Gasteiger partial charge in [0.2, 0.25) is 0 Å². The SMILES string of the molecule is CCCC(C)C(N)(O)CCC. The van der Waals surface area contributed by atoms with Crippen molar-refractivity contribution in [2.75, 3.05) is 0 Å². The van der Waals surface area contributed by atoms with Crippen molar-refractivity contribution in [2.24, 2.45) is 11.7 Å². The molecule has 0 amide bonds. The Labute approximate surface area is 69.8 Å². The average Bonchev–Trinajstić information content (AvgIpc) is 1.88. The van der Waals surface area contributed by atoms with Crippen molar-refractivity contribution in [3.63, 3.8) is 0 Å². The van der Waals surface area contributed by atoms with E-state index in [4.69, 9.17) is 5.73 Å². The molecule has 0 aromatic carbocycles. The van der Waals surface area contributed by atoms with Crippen LogP contribution in [0.1, 0.15) is 46.5 Å². The van der Waals surface area contributed by atoms with Crippen LogP contribution in [0.4, 0.5) is 0 Å². The van der Waals surface area contributed by atoms with Crippen molar-refractivity contribution >= 4 is 0 Å². The molecule has 3 N–H and O–H groups in total. The van der Waals surface area contributed by atoms with E-state index in [1.165, 1.54) is 0 Å². The van der Waals surface area contributed by atoms with Crippen LogP contribution in [0.2, 0.25) is 0 Å². The van der Waals surface area contributed by atoms with Crippen molar-refractivity contribution in [2.45, 2.75) is 52.2 Å². The summed E-state index contributed by atoms with van der Waals surface area (Å²) in [7, 11) is 0. The van der Waals surface area contributed by atoms with Crippen LogP contribution in [-0.2, 0) is 0 Å². The van der Waals surface area contributed by atoms with Crippen molar-refractivity contribution in [3.8, 4) is 0 Å². The van der Waals surface area contributed by atoms with Gasteiger partial charge in [0.1, 0.15) is 5.72 Å². The summed E-state index contributed by atoms with van der Waals surface area (Å²) in [6.07, 6.45) is 3.74. The van der Waals surface area contributed by atoms with Crippen LogP contribution in [0.3, 0.4) is 0 Å². The van der Waals surface area contributed by atoms with E-state index < -0.39 is 5.72 Å². The summed E-state index contributed by atoms with van der Waals surface area (Å²) in [5.41, 5.74) is 4.77. The highest BCUT2D eigenvalue weighted by Gasteiger charge is 2.26. The molecule has 0 aromatic rings. The Hall–Kier alpha value is -0.0800. The van der Waals surface area contributed by atoms with Crippen LogP contribution in [-0.4, -0.2) is 10.8 Å². The monoisotopic (exact) mass is 159 g/mol. The van der Waals surface area contributed by atoms with Gasteiger partial charge in [0, 0.05) is 0 Å². The van der Waals surface area contributed by atoms with E-state index in [9.17, 15) is 5.11 Å². The fourth-order valence-electron chi connectivity index (χ4n) is 1.33. The van der Waals surface area contributed by atoms with Gasteiger partial charge >= 0.3 is 0 Å². The van der Waals surface area contributed by atoms with Crippen LogP contribution in [0, 0.1) is 5.92 Å². The lowest BCUT2D eigenvalue weighted by atomic mass is 9.90. The van der Waals surface area contributed by atoms with Gasteiger partial charge in [-0.3, -0.25) is 0 Å². The summed E-state index contributed by atoms with van der Waals surface area (Å²) >= 11 is 0. The molecule has 0 aliphatic heterocycles. The smallest absolute Gasteiger partial charge is 0.116 e. The molecule has 0 aliphatic carbocycles. The topological polar surface area (TPSA) is 46.2 Å². The first-order valence-electron chi connectivity index (χ1n) is 4.55. The lowest BCUT2D eigenvalue weighted by molar-refractivity contribution is -0.0178. The molecule has 0 fully saturated rings. The average molecular weight is 159 g/mol. The van der Waals surface area contributed by atoms with Gasteiger partial charge in [0.25, 0.3) is 0 Å². The number of hydrogen-bond donors (Lipinski definition) is 2. The summed E-state index contributed by atoms with van der Waals surface area (Å²) in [6, 6.07) is 0. The fourth-order valence-corrected chi connectivity index (χ4v) is 1.33. The van der Waals surface area contributed by atoms with E-state index >= 15 is 0 Å². The number of hydrogen-bond acceptors (Lipinski definition) is 2. The van der Waals surface area contributed by atoms with Crippen LogP contribution in [0.5, 0.6) is 0 Å². The van der Waals surface area contributed by atoms with Crippen molar-refractivity contribution in [1.82, 2.24) is 0 Å². The molecule has 0 saturated heterocycles. The fraction of sp³-hybridized carbons (Fsp3) is 1.00. The first-order chi connectivity index (χ1) is 5.04. The van der Waals surface area contributed by atoms with Gasteiger partial charge in [0.15, 0.2) is 0 Å². The van der Waals surface area contributed by atoms with Crippen molar-refractivity contribution in [3.05, 3.63) is 0 Å². The van der Waals surface area contributed by atoms with Crippen LogP contribution < -0.4 is 5.73 Å². The van der Waals surface area contributed by atoms with Gasteiger partial charge in [-0.15, -0.1) is 0 Å². The zero-order chi connectivity index (χ0) is 8.91. The van der Waals surface area contributed by atoms with Gasteiger partial charge in [-0.25, -0.2) is 0 Å². The highest BCUT2D eigenvalue weighted by atomic mass is 16.3. The molecule has 2 unspecified atom stereocenters. The Morgan fingerprint density at radius 1 is 1.36 bits per heavy atom. The van der Waals surface area contributed by atoms with E-state index in [0.717, 1.165) is 19.3 Å². The molecule has 0 saturated carbocycles. The molecule has 2 nitrogen and oxygen atoms in total. The quantitative estimate of drug-likeness (QED) is 0.601. The maximum Gasteiger partial charge on any atom is 0.116 e. The summed E-state index contributed by atoms with van der Waals surface area (Å²) < 4.78 is 0. The molecule has 2 atom stereocenters. The summed E-state index contributed by atoms with van der Waals surface area (Å²) in [5, 5.41) is 9.69. The van der Waals surface area contributed by atoms with Gasteiger partial charge in [-0.05, 0) is 18.8 Å². The third-order valence-electron chi connectivity index (χ3n) is 2.23. The zero-order valence-corrected chi connectivity index (χ0v) is 7.93. The lowest BCUT2D eigenvalue weighted by Gasteiger charge is -2.29. The Bertz CT molecular complexity index is 102. The maximum absolute atomic E-state index is 9.69. The molecule has 0 heterocycles. The summed E-state index contributed by atoms with van der Waals surface area (Å²) in [5.74, 6) is 0.215. The Morgan fingerprint density at radius 2 is 1.91 bits per heavy atom. The highest BCUT2D eigenvalue weighted by molar-refractivity contribution is 4.76. The Kier molecular flexibility index (Phi) is 4.69. The maximum atomic E-state index is 9.69. The second kappa shape index (κ2) is 4.73. The molecule has 0 aliphatic rings. The van der Waals surface area contributed by atoms with Crippen molar-refractivity contribution in [1.29, 1.82) is 0 Å². The van der Waals surface area contributed by atoms with E-state index in [1.807, 2.05) is 13.8 Å². The minimum atomic E-state index is -0.940. The predicted octanol–water partition coefficient (Wildman–Crippen LogP) is 1.87. The highest BCUT2D eigenvalue weighted by Crippen LogP contribution is 2.21. The molecule has 0 bridgehead atoms. The van der Waals surface area contributed by atoms with E-state index in [-0.39, 0.29) is 5.92 Å². The minimum absolute atomic E-state index is 0.215.